The van der Waals surface area contributed by atoms with E-state index in [-0.39, 0.29) is 5.43 Å². The summed E-state index contributed by atoms with van der Waals surface area (Å²) in [6.45, 7) is 1.41. The van der Waals surface area contributed by atoms with E-state index >= 15 is 0 Å². The van der Waals surface area contributed by atoms with E-state index in [9.17, 15) is 4.79 Å². The maximum atomic E-state index is 11.8. The number of methoxy groups -OCH3 is 1. The number of nitrogens with zero attached hydrogens (tertiary/aromatic N) is 1. The number of aromatic nitrogens is 1. The zero-order valence-electron chi connectivity index (χ0n) is 9.85. The molecule has 1 aromatic carbocycles. The summed E-state index contributed by atoms with van der Waals surface area (Å²) >= 11 is 0. The van der Waals surface area contributed by atoms with Crippen LogP contribution in [0.25, 0.3) is 10.9 Å². The predicted molar refractivity (Wildman–Crippen MR) is 68.4 cm³/mol. The van der Waals surface area contributed by atoms with E-state index in [1.807, 2.05) is 22.8 Å². The Morgan fingerprint density at radius 2 is 2.18 bits per heavy atom. The molecule has 4 nitrogen and oxygen atoms in total. The maximum Gasteiger partial charge on any atom is 0.189 e. The first-order valence-corrected chi connectivity index (χ1v) is 5.64. The molecule has 0 fully saturated rings. The fourth-order valence-electron chi connectivity index (χ4n) is 1.95. The van der Waals surface area contributed by atoms with Crippen molar-refractivity contribution < 1.29 is 4.74 Å². The van der Waals surface area contributed by atoms with Crippen LogP contribution in [0.5, 0.6) is 5.75 Å². The number of hydrogen-bond donors (Lipinski definition) is 1. The lowest BCUT2D eigenvalue weighted by Crippen LogP contribution is -2.11. The molecule has 2 N–H and O–H groups in total. The molecular formula is C13H16N2O2. The number of ether oxygens (including phenoxy) is 1. The van der Waals surface area contributed by atoms with E-state index in [0.717, 1.165) is 24.2 Å². The Morgan fingerprint density at radius 1 is 1.35 bits per heavy atom. The minimum absolute atomic E-state index is 0.0166. The molecule has 0 aliphatic rings. The second kappa shape index (κ2) is 5.01. The fourth-order valence-corrected chi connectivity index (χ4v) is 1.95. The van der Waals surface area contributed by atoms with Crippen molar-refractivity contribution in [3.63, 3.8) is 0 Å². The molecule has 1 heterocycles. The number of pyridine rings is 1. The van der Waals surface area contributed by atoms with Crippen molar-refractivity contribution >= 4 is 10.9 Å². The van der Waals surface area contributed by atoms with Crippen LogP contribution in [-0.2, 0) is 6.54 Å². The van der Waals surface area contributed by atoms with Crippen LogP contribution >= 0.6 is 0 Å². The number of para-hydroxylation sites is 1. The molecule has 17 heavy (non-hydrogen) atoms. The van der Waals surface area contributed by atoms with Gasteiger partial charge in [-0.1, -0.05) is 6.07 Å². The van der Waals surface area contributed by atoms with Crippen molar-refractivity contribution in [1.82, 2.24) is 4.57 Å². The summed E-state index contributed by atoms with van der Waals surface area (Å²) in [6.07, 6.45) is 2.67. The molecule has 0 amide bonds. The van der Waals surface area contributed by atoms with Crippen LogP contribution in [0.4, 0.5) is 0 Å². The first-order chi connectivity index (χ1) is 8.27. The number of rotatable bonds is 4. The van der Waals surface area contributed by atoms with Crippen LogP contribution in [0.3, 0.4) is 0 Å². The molecule has 0 spiro atoms. The third-order valence-electron chi connectivity index (χ3n) is 2.78. The molecule has 1 aromatic heterocycles. The summed E-state index contributed by atoms with van der Waals surface area (Å²) in [6, 6.07) is 7.09. The van der Waals surface area contributed by atoms with Gasteiger partial charge in [0, 0.05) is 24.2 Å². The summed E-state index contributed by atoms with van der Waals surface area (Å²) in [5.41, 5.74) is 6.37. The molecule has 2 aromatic rings. The summed E-state index contributed by atoms with van der Waals surface area (Å²) in [5, 5.41) is 0.684. The van der Waals surface area contributed by atoms with E-state index in [2.05, 4.69) is 0 Å². The topological polar surface area (TPSA) is 57.2 Å². The van der Waals surface area contributed by atoms with Gasteiger partial charge in [0.05, 0.1) is 12.6 Å². The molecule has 0 aliphatic carbocycles. The molecule has 4 heteroatoms. The van der Waals surface area contributed by atoms with E-state index in [1.54, 1.807) is 19.4 Å². The van der Waals surface area contributed by atoms with Gasteiger partial charge in [0.2, 0.25) is 0 Å². The van der Waals surface area contributed by atoms with Crippen LogP contribution in [0.1, 0.15) is 6.42 Å². The van der Waals surface area contributed by atoms with Crippen LogP contribution < -0.4 is 15.9 Å². The minimum atomic E-state index is 0.0166. The van der Waals surface area contributed by atoms with Gasteiger partial charge < -0.3 is 15.0 Å². The lowest BCUT2D eigenvalue weighted by molar-refractivity contribution is 0.416. The monoisotopic (exact) mass is 232 g/mol. The van der Waals surface area contributed by atoms with E-state index in [4.69, 9.17) is 10.5 Å². The third kappa shape index (κ3) is 2.17. The van der Waals surface area contributed by atoms with Gasteiger partial charge in [0.25, 0.3) is 0 Å². The quantitative estimate of drug-likeness (QED) is 0.866. The smallest absolute Gasteiger partial charge is 0.189 e. The molecule has 0 atom stereocenters. The van der Waals surface area contributed by atoms with Gasteiger partial charge in [-0.15, -0.1) is 0 Å². The molecule has 0 aliphatic heterocycles. The average Bonchev–Trinajstić information content (AvgIpc) is 2.37. The summed E-state index contributed by atoms with van der Waals surface area (Å²) < 4.78 is 7.33. The van der Waals surface area contributed by atoms with Crippen molar-refractivity contribution in [1.29, 1.82) is 0 Å². The molecule has 0 bridgehead atoms. The van der Waals surface area contributed by atoms with E-state index in [1.165, 1.54) is 0 Å². The summed E-state index contributed by atoms with van der Waals surface area (Å²) in [5.74, 6) is 0.720. The first kappa shape index (κ1) is 11.7. The van der Waals surface area contributed by atoms with Gasteiger partial charge in [-0.3, -0.25) is 4.79 Å². The van der Waals surface area contributed by atoms with Crippen LogP contribution in [-0.4, -0.2) is 18.2 Å². The third-order valence-corrected chi connectivity index (χ3v) is 2.78. The Bertz CT molecular complexity index is 575. The van der Waals surface area contributed by atoms with Crippen LogP contribution in [0, 0.1) is 0 Å². The van der Waals surface area contributed by atoms with Gasteiger partial charge in [-0.2, -0.15) is 0 Å². The highest BCUT2D eigenvalue weighted by Crippen LogP contribution is 2.23. The van der Waals surface area contributed by atoms with E-state index < -0.39 is 0 Å². The molecule has 0 saturated heterocycles. The van der Waals surface area contributed by atoms with Gasteiger partial charge >= 0.3 is 0 Å². The Hall–Kier alpha value is -1.81. The first-order valence-electron chi connectivity index (χ1n) is 5.64. The lowest BCUT2D eigenvalue weighted by Gasteiger charge is -2.13. The van der Waals surface area contributed by atoms with Gasteiger partial charge in [0.1, 0.15) is 5.75 Å². The molecule has 0 saturated carbocycles. The molecule has 90 valence electrons. The van der Waals surface area contributed by atoms with Gasteiger partial charge in [-0.25, -0.2) is 0 Å². The zero-order chi connectivity index (χ0) is 12.3. The summed E-state index contributed by atoms with van der Waals surface area (Å²) in [7, 11) is 1.61. The minimum Gasteiger partial charge on any atom is -0.495 e. The van der Waals surface area contributed by atoms with Crippen molar-refractivity contribution in [2.45, 2.75) is 13.0 Å². The Balaban J connectivity index is 2.67. The number of hydrogen-bond acceptors (Lipinski definition) is 3. The second-order valence-electron chi connectivity index (χ2n) is 3.87. The highest BCUT2D eigenvalue weighted by Gasteiger charge is 2.07. The zero-order valence-corrected chi connectivity index (χ0v) is 9.85. The number of benzene rings is 1. The average molecular weight is 232 g/mol. The Kier molecular flexibility index (Phi) is 3.44. The SMILES string of the molecule is COc1cccc2c(=O)ccn(CCCN)c12. The predicted octanol–water partition coefficient (Wildman–Crippen LogP) is 1.36. The normalized spacial score (nSPS) is 10.7. The lowest BCUT2D eigenvalue weighted by atomic mass is 10.2. The molecule has 2 rings (SSSR count). The van der Waals surface area contributed by atoms with Crippen LogP contribution in [0.15, 0.2) is 35.3 Å². The van der Waals surface area contributed by atoms with E-state index in [0.29, 0.717) is 11.9 Å². The van der Waals surface area contributed by atoms with Crippen molar-refractivity contribution in [3.05, 3.63) is 40.7 Å². The van der Waals surface area contributed by atoms with Crippen molar-refractivity contribution in [2.75, 3.05) is 13.7 Å². The number of aryl methyl sites for hydroxylation is 1. The fraction of sp³-hybridized carbons (Fsp3) is 0.308. The largest absolute Gasteiger partial charge is 0.495 e. The number of nitrogens with two attached hydrogens (primary N) is 1. The maximum absolute atomic E-state index is 11.8. The highest BCUT2D eigenvalue weighted by molar-refractivity contribution is 5.84. The van der Waals surface area contributed by atoms with Gasteiger partial charge in [0.15, 0.2) is 5.43 Å². The summed E-state index contributed by atoms with van der Waals surface area (Å²) in [4.78, 5) is 11.8. The molecule has 0 unspecified atom stereocenters. The van der Waals surface area contributed by atoms with Crippen LogP contribution in [0.2, 0.25) is 0 Å². The second-order valence-corrected chi connectivity index (χ2v) is 3.87. The number of fused-ring (bicyclic) bond motifs is 1. The highest BCUT2D eigenvalue weighted by atomic mass is 16.5. The standard InChI is InChI=1S/C13H16N2O2/c1-17-12-5-2-4-10-11(16)6-9-15(13(10)12)8-3-7-14/h2,4-6,9H,3,7-8,14H2,1H3. The Labute approximate surface area is 99.6 Å². The molecular weight excluding hydrogens is 216 g/mol. The van der Waals surface area contributed by atoms with Gasteiger partial charge in [-0.05, 0) is 25.1 Å². The van der Waals surface area contributed by atoms with Crippen molar-refractivity contribution in [2.24, 2.45) is 5.73 Å². The Morgan fingerprint density at radius 3 is 2.88 bits per heavy atom. The van der Waals surface area contributed by atoms with Crippen molar-refractivity contribution in [3.8, 4) is 5.75 Å². The molecule has 0 radical (unpaired) electrons.